The van der Waals surface area contributed by atoms with Gasteiger partial charge in [-0.2, -0.15) is 0 Å². The second kappa shape index (κ2) is 9.75. The fourth-order valence-electron chi connectivity index (χ4n) is 1.82. The summed E-state index contributed by atoms with van der Waals surface area (Å²) < 4.78 is 0. The van der Waals surface area contributed by atoms with Crippen LogP contribution < -0.4 is 10.6 Å². The van der Waals surface area contributed by atoms with Crippen LogP contribution in [0.5, 0.6) is 0 Å². The summed E-state index contributed by atoms with van der Waals surface area (Å²) in [7, 11) is 3.43. The van der Waals surface area contributed by atoms with E-state index < -0.39 is 16.9 Å². The van der Waals surface area contributed by atoms with Gasteiger partial charge in [-0.15, -0.1) is 12.4 Å². The summed E-state index contributed by atoms with van der Waals surface area (Å²) in [6.45, 7) is 2.74. The molecule has 128 valence electrons. The normalized spacial score (nSPS) is 11.1. The number of nitro groups is 1. The van der Waals surface area contributed by atoms with E-state index in [0.29, 0.717) is 13.1 Å². The van der Waals surface area contributed by atoms with Crippen molar-refractivity contribution in [3.05, 3.63) is 39.9 Å². The number of non-ortho nitro benzene ring substituents is 1. The Morgan fingerprint density at radius 3 is 2.61 bits per heavy atom. The quantitative estimate of drug-likeness (QED) is 0.562. The molecule has 0 aromatic heterocycles. The second-order valence-corrected chi connectivity index (χ2v) is 4.87. The number of nitro benzene ring substituents is 1. The van der Waals surface area contributed by atoms with Gasteiger partial charge in [0.25, 0.3) is 11.6 Å². The van der Waals surface area contributed by atoms with E-state index in [0.717, 1.165) is 0 Å². The van der Waals surface area contributed by atoms with Gasteiger partial charge in [-0.05, 0) is 20.0 Å². The van der Waals surface area contributed by atoms with Crippen molar-refractivity contribution in [3.63, 3.8) is 0 Å². The molecule has 1 rings (SSSR count). The highest BCUT2D eigenvalue weighted by atomic mass is 35.5. The molecular weight excluding hydrogens is 324 g/mol. The van der Waals surface area contributed by atoms with Gasteiger partial charge in [-0.3, -0.25) is 19.7 Å². The lowest BCUT2D eigenvalue weighted by Gasteiger charge is -2.22. The zero-order valence-corrected chi connectivity index (χ0v) is 14.1. The average molecular weight is 345 g/mol. The predicted molar refractivity (Wildman–Crippen MR) is 88.8 cm³/mol. The molecule has 1 unspecified atom stereocenters. The third-order valence-electron chi connectivity index (χ3n) is 3.11. The van der Waals surface area contributed by atoms with Crippen LogP contribution in [0.2, 0.25) is 0 Å². The molecule has 0 aliphatic heterocycles. The van der Waals surface area contributed by atoms with E-state index in [1.807, 2.05) is 0 Å². The minimum absolute atomic E-state index is 0. The van der Waals surface area contributed by atoms with Crippen molar-refractivity contribution in [1.29, 1.82) is 0 Å². The molecule has 0 bridgehead atoms. The third-order valence-corrected chi connectivity index (χ3v) is 3.11. The first-order chi connectivity index (χ1) is 10.4. The zero-order valence-electron chi connectivity index (χ0n) is 13.2. The molecular formula is C14H21ClN4O4. The van der Waals surface area contributed by atoms with Crippen LogP contribution in [0.3, 0.4) is 0 Å². The first-order valence-corrected chi connectivity index (χ1v) is 6.81. The van der Waals surface area contributed by atoms with Crippen molar-refractivity contribution in [2.75, 3.05) is 27.2 Å². The number of benzene rings is 1. The third kappa shape index (κ3) is 6.21. The van der Waals surface area contributed by atoms with Crippen molar-refractivity contribution < 1.29 is 14.5 Å². The number of hydrogen-bond donors (Lipinski definition) is 2. The molecule has 0 heterocycles. The first kappa shape index (κ1) is 20.8. The van der Waals surface area contributed by atoms with Crippen LogP contribution in [0.1, 0.15) is 17.3 Å². The fourth-order valence-corrected chi connectivity index (χ4v) is 1.82. The number of rotatable bonds is 7. The van der Waals surface area contributed by atoms with Gasteiger partial charge in [-0.1, -0.05) is 6.07 Å². The zero-order chi connectivity index (χ0) is 16.7. The Morgan fingerprint density at radius 2 is 2.04 bits per heavy atom. The van der Waals surface area contributed by atoms with Crippen molar-refractivity contribution >= 4 is 29.9 Å². The highest BCUT2D eigenvalue weighted by Crippen LogP contribution is 2.13. The number of nitrogens with one attached hydrogen (secondary N) is 2. The fraction of sp³-hybridized carbons (Fsp3) is 0.429. The molecule has 2 amide bonds. The molecule has 0 aliphatic rings. The van der Waals surface area contributed by atoms with E-state index in [2.05, 4.69) is 10.6 Å². The van der Waals surface area contributed by atoms with Gasteiger partial charge >= 0.3 is 0 Å². The summed E-state index contributed by atoms with van der Waals surface area (Å²) in [4.78, 5) is 35.8. The Balaban J connectivity index is 0.00000484. The summed E-state index contributed by atoms with van der Waals surface area (Å²) >= 11 is 0. The smallest absolute Gasteiger partial charge is 0.270 e. The summed E-state index contributed by atoms with van der Waals surface area (Å²) in [5.74, 6) is -0.749. The molecule has 8 nitrogen and oxygen atoms in total. The molecule has 23 heavy (non-hydrogen) atoms. The summed E-state index contributed by atoms with van der Waals surface area (Å²) in [6.07, 6.45) is 0. The number of carbonyl (C=O) groups excluding carboxylic acids is 2. The van der Waals surface area contributed by atoms with Crippen LogP contribution in [0.15, 0.2) is 24.3 Å². The van der Waals surface area contributed by atoms with Crippen molar-refractivity contribution in [2.24, 2.45) is 0 Å². The van der Waals surface area contributed by atoms with Gasteiger partial charge < -0.3 is 15.5 Å². The summed E-state index contributed by atoms with van der Waals surface area (Å²) in [5.41, 5.74) is -0.0236. The molecule has 0 saturated carbocycles. The van der Waals surface area contributed by atoms with Gasteiger partial charge in [0.1, 0.15) is 6.04 Å². The number of amides is 2. The van der Waals surface area contributed by atoms with Gasteiger partial charge in [-0.25, -0.2) is 0 Å². The highest BCUT2D eigenvalue weighted by Gasteiger charge is 2.20. The van der Waals surface area contributed by atoms with Crippen LogP contribution in [0, 0.1) is 10.1 Å². The van der Waals surface area contributed by atoms with Gasteiger partial charge in [0, 0.05) is 37.8 Å². The van der Waals surface area contributed by atoms with E-state index in [1.165, 1.54) is 29.2 Å². The van der Waals surface area contributed by atoms with E-state index in [9.17, 15) is 19.7 Å². The van der Waals surface area contributed by atoms with Gasteiger partial charge in [0.2, 0.25) is 5.91 Å². The molecule has 1 aromatic carbocycles. The Morgan fingerprint density at radius 1 is 1.39 bits per heavy atom. The van der Waals surface area contributed by atoms with Crippen LogP contribution in [0.25, 0.3) is 0 Å². The number of hydrogen-bond acceptors (Lipinski definition) is 5. The number of carbonyl (C=O) groups is 2. The molecule has 1 aromatic rings. The number of halogens is 1. The topological polar surface area (TPSA) is 105 Å². The van der Waals surface area contributed by atoms with Crippen molar-refractivity contribution in [3.8, 4) is 0 Å². The lowest BCUT2D eigenvalue weighted by Crippen LogP contribution is -2.46. The van der Waals surface area contributed by atoms with E-state index in [-0.39, 0.29) is 29.6 Å². The predicted octanol–water partition coefficient (Wildman–Crippen LogP) is 0.813. The average Bonchev–Trinajstić information content (AvgIpc) is 2.51. The monoisotopic (exact) mass is 344 g/mol. The van der Waals surface area contributed by atoms with E-state index in [4.69, 9.17) is 0 Å². The molecule has 2 N–H and O–H groups in total. The largest absolute Gasteiger partial charge is 0.343 e. The van der Waals surface area contributed by atoms with Crippen LogP contribution in [0.4, 0.5) is 5.69 Å². The standard InChI is InChI=1S/C14H20N4O4.ClH/c1-10(14(20)17(3)8-7-15-2)16-13(19)11-5-4-6-12(9-11)18(21)22;/h4-6,9-10,15H,7-8H2,1-3H3,(H,16,19);1H. The lowest BCUT2D eigenvalue weighted by molar-refractivity contribution is -0.384. The maximum Gasteiger partial charge on any atom is 0.270 e. The number of likely N-dealkylation sites (N-methyl/N-ethyl adjacent to an activating group) is 2. The summed E-state index contributed by atoms with van der Waals surface area (Å²) in [6, 6.07) is 4.66. The van der Waals surface area contributed by atoms with Crippen LogP contribution in [-0.4, -0.2) is 54.9 Å². The minimum atomic E-state index is -0.714. The second-order valence-electron chi connectivity index (χ2n) is 4.87. The Labute approximate surface area is 140 Å². The maximum absolute atomic E-state index is 12.1. The van der Waals surface area contributed by atoms with Crippen molar-refractivity contribution in [1.82, 2.24) is 15.5 Å². The highest BCUT2D eigenvalue weighted by molar-refractivity contribution is 5.97. The minimum Gasteiger partial charge on any atom is -0.343 e. The number of nitrogens with zero attached hydrogens (tertiary/aromatic N) is 2. The Kier molecular flexibility index (Phi) is 8.82. The van der Waals surface area contributed by atoms with E-state index >= 15 is 0 Å². The lowest BCUT2D eigenvalue weighted by atomic mass is 10.1. The van der Waals surface area contributed by atoms with Crippen LogP contribution >= 0.6 is 12.4 Å². The maximum atomic E-state index is 12.1. The molecule has 0 aliphatic carbocycles. The summed E-state index contributed by atoms with van der Waals surface area (Å²) in [5, 5.41) is 16.2. The van der Waals surface area contributed by atoms with Gasteiger partial charge in [0.15, 0.2) is 0 Å². The molecule has 9 heteroatoms. The molecule has 0 saturated heterocycles. The van der Waals surface area contributed by atoms with Crippen LogP contribution in [-0.2, 0) is 4.79 Å². The first-order valence-electron chi connectivity index (χ1n) is 6.81. The molecule has 0 fully saturated rings. The molecule has 0 spiro atoms. The molecule has 0 radical (unpaired) electrons. The SMILES string of the molecule is CNCCN(C)C(=O)C(C)NC(=O)c1cccc([N+](=O)[O-])c1.Cl. The Hall–Kier alpha value is -2.19. The van der Waals surface area contributed by atoms with Gasteiger partial charge in [0.05, 0.1) is 4.92 Å². The van der Waals surface area contributed by atoms with E-state index in [1.54, 1.807) is 21.0 Å². The molecule has 1 atom stereocenters. The Bertz CT molecular complexity index is 567. The van der Waals surface area contributed by atoms with Crippen molar-refractivity contribution in [2.45, 2.75) is 13.0 Å².